The lowest BCUT2D eigenvalue weighted by Crippen LogP contribution is -2.22. The third-order valence-corrected chi connectivity index (χ3v) is 2.76. The Morgan fingerprint density at radius 3 is 2.94 bits per heavy atom. The summed E-state index contributed by atoms with van der Waals surface area (Å²) in [7, 11) is 0. The molecule has 1 aromatic rings. The largest absolute Gasteiger partial charge is 0.380 e. The minimum absolute atomic E-state index is 0.182. The standard InChI is InChI=1S/C12H15BrN2O/c1-3-16-8-9(2)15-12-6-4-5-11(13)10(12)7-14/h4-6,9,15H,3,8H2,1-2H3. The van der Waals surface area contributed by atoms with Crippen molar-refractivity contribution in [3.05, 3.63) is 28.2 Å². The lowest BCUT2D eigenvalue weighted by molar-refractivity contribution is 0.141. The number of hydrogen-bond donors (Lipinski definition) is 1. The molecular formula is C12H15BrN2O. The molecule has 0 fully saturated rings. The number of nitrogens with zero attached hydrogens (tertiary/aromatic N) is 1. The van der Waals surface area contributed by atoms with Gasteiger partial charge in [-0.15, -0.1) is 0 Å². The maximum absolute atomic E-state index is 9.04. The molecular weight excluding hydrogens is 268 g/mol. The van der Waals surface area contributed by atoms with Crippen molar-refractivity contribution in [2.75, 3.05) is 18.5 Å². The van der Waals surface area contributed by atoms with Gasteiger partial charge in [0.05, 0.1) is 17.9 Å². The number of hydrogen-bond acceptors (Lipinski definition) is 3. The van der Waals surface area contributed by atoms with E-state index in [0.717, 1.165) is 10.2 Å². The van der Waals surface area contributed by atoms with Gasteiger partial charge in [-0.05, 0) is 41.9 Å². The third-order valence-electron chi connectivity index (χ3n) is 2.10. The van der Waals surface area contributed by atoms with Crippen LogP contribution in [-0.4, -0.2) is 19.3 Å². The van der Waals surface area contributed by atoms with E-state index in [9.17, 15) is 0 Å². The molecule has 0 saturated carbocycles. The lowest BCUT2D eigenvalue weighted by atomic mass is 10.2. The van der Waals surface area contributed by atoms with E-state index in [0.29, 0.717) is 18.8 Å². The summed E-state index contributed by atoms with van der Waals surface area (Å²) in [5.41, 5.74) is 1.47. The fraction of sp³-hybridized carbons (Fsp3) is 0.417. The van der Waals surface area contributed by atoms with Gasteiger partial charge in [0, 0.05) is 17.1 Å². The predicted molar refractivity (Wildman–Crippen MR) is 68.4 cm³/mol. The number of ether oxygens (including phenoxy) is 1. The molecule has 0 saturated heterocycles. The van der Waals surface area contributed by atoms with Gasteiger partial charge in [-0.1, -0.05) is 6.07 Å². The zero-order valence-electron chi connectivity index (χ0n) is 9.46. The summed E-state index contributed by atoms with van der Waals surface area (Å²) in [6, 6.07) is 8.01. The van der Waals surface area contributed by atoms with E-state index < -0.39 is 0 Å². The van der Waals surface area contributed by atoms with Gasteiger partial charge in [-0.2, -0.15) is 5.26 Å². The second kappa shape index (κ2) is 6.51. The molecule has 3 nitrogen and oxygen atoms in total. The first kappa shape index (κ1) is 13.0. The molecule has 1 atom stereocenters. The fourth-order valence-electron chi connectivity index (χ4n) is 1.36. The minimum atomic E-state index is 0.182. The Balaban J connectivity index is 2.74. The van der Waals surface area contributed by atoms with Crippen molar-refractivity contribution in [1.82, 2.24) is 0 Å². The van der Waals surface area contributed by atoms with Crippen LogP contribution in [0.15, 0.2) is 22.7 Å². The lowest BCUT2D eigenvalue weighted by Gasteiger charge is -2.16. The Labute approximate surface area is 105 Å². The molecule has 86 valence electrons. The maximum atomic E-state index is 9.04. The first-order chi connectivity index (χ1) is 7.69. The second-order valence-electron chi connectivity index (χ2n) is 3.48. The van der Waals surface area contributed by atoms with E-state index in [-0.39, 0.29) is 6.04 Å². The van der Waals surface area contributed by atoms with Crippen molar-refractivity contribution >= 4 is 21.6 Å². The van der Waals surface area contributed by atoms with E-state index in [1.165, 1.54) is 0 Å². The van der Waals surface area contributed by atoms with Crippen LogP contribution < -0.4 is 5.32 Å². The molecule has 16 heavy (non-hydrogen) atoms. The zero-order chi connectivity index (χ0) is 12.0. The molecule has 0 aliphatic carbocycles. The average Bonchev–Trinajstić information content (AvgIpc) is 2.27. The van der Waals surface area contributed by atoms with Gasteiger partial charge in [0.2, 0.25) is 0 Å². The van der Waals surface area contributed by atoms with Crippen LogP contribution in [0.1, 0.15) is 19.4 Å². The van der Waals surface area contributed by atoms with Crippen LogP contribution in [-0.2, 0) is 4.74 Å². The first-order valence-corrected chi connectivity index (χ1v) is 6.01. The van der Waals surface area contributed by atoms with Gasteiger partial charge in [-0.3, -0.25) is 0 Å². The maximum Gasteiger partial charge on any atom is 0.103 e. The van der Waals surface area contributed by atoms with Crippen molar-refractivity contribution in [2.45, 2.75) is 19.9 Å². The summed E-state index contributed by atoms with van der Waals surface area (Å²) in [6.45, 7) is 5.33. The Bertz CT molecular complexity index is 387. The predicted octanol–water partition coefficient (Wildman–Crippen LogP) is 3.16. The summed E-state index contributed by atoms with van der Waals surface area (Å²) >= 11 is 3.36. The van der Waals surface area contributed by atoms with Crippen molar-refractivity contribution in [2.24, 2.45) is 0 Å². The summed E-state index contributed by atoms with van der Waals surface area (Å²) in [4.78, 5) is 0. The average molecular weight is 283 g/mol. The van der Waals surface area contributed by atoms with Gasteiger partial charge < -0.3 is 10.1 Å². The summed E-state index contributed by atoms with van der Waals surface area (Å²) < 4.78 is 6.12. The van der Waals surface area contributed by atoms with E-state index in [1.807, 2.05) is 32.0 Å². The van der Waals surface area contributed by atoms with Crippen LogP contribution >= 0.6 is 15.9 Å². The number of nitriles is 1. The Morgan fingerprint density at radius 2 is 2.31 bits per heavy atom. The molecule has 0 aromatic heterocycles. The first-order valence-electron chi connectivity index (χ1n) is 5.22. The molecule has 0 aliphatic heterocycles. The van der Waals surface area contributed by atoms with Crippen LogP contribution in [0.25, 0.3) is 0 Å². The van der Waals surface area contributed by atoms with Crippen LogP contribution in [0.4, 0.5) is 5.69 Å². The highest BCUT2D eigenvalue weighted by atomic mass is 79.9. The molecule has 1 unspecified atom stereocenters. The Hall–Kier alpha value is -1.05. The molecule has 1 N–H and O–H groups in total. The smallest absolute Gasteiger partial charge is 0.103 e. The van der Waals surface area contributed by atoms with Crippen molar-refractivity contribution in [1.29, 1.82) is 5.26 Å². The van der Waals surface area contributed by atoms with Crippen molar-refractivity contribution < 1.29 is 4.74 Å². The molecule has 1 rings (SSSR count). The number of halogens is 1. The van der Waals surface area contributed by atoms with E-state index in [1.54, 1.807) is 0 Å². The Morgan fingerprint density at radius 1 is 1.56 bits per heavy atom. The van der Waals surface area contributed by atoms with E-state index in [4.69, 9.17) is 10.00 Å². The van der Waals surface area contributed by atoms with Gasteiger partial charge in [-0.25, -0.2) is 0 Å². The van der Waals surface area contributed by atoms with Crippen LogP contribution in [0.5, 0.6) is 0 Å². The molecule has 0 heterocycles. The van der Waals surface area contributed by atoms with Crippen molar-refractivity contribution in [3.8, 4) is 6.07 Å². The number of rotatable bonds is 5. The van der Waals surface area contributed by atoms with Crippen molar-refractivity contribution in [3.63, 3.8) is 0 Å². The highest BCUT2D eigenvalue weighted by molar-refractivity contribution is 9.10. The number of anilines is 1. The highest BCUT2D eigenvalue weighted by Crippen LogP contribution is 2.24. The molecule has 4 heteroatoms. The van der Waals surface area contributed by atoms with Crippen LogP contribution in [0.3, 0.4) is 0 Å². The molecule has 0 amide bonds. The third kappa shape index (κ3) is 3.51. The molecule has 0 radical (unpaired) electrons. The monoisotopic (exact) mass is 282 g/mol. The quantitative estimate of drug-likeness (QED) is 0.902. The van der Waals surface area contributed by atoms with E-state index >= 15 is 0 Å². The summed E-state index contributed by atoms with van der Waals surface area (Å²) in [6.07, 6.45) is 0. The van der Waals surface area contributed by atoms with Gasteiger partial charge >= 0.3 is 0 Å². The van der Waals surface area contributed by atoms with E-state index in [2.05, 4.69) is 27.3 Å². The van der Waals surface area contributed by atoms with Gasteiger partial charge in [0.15, 0.2) is 0 Å². The van der Waals surface area contributed by atoms with Crippen LogP contribution in [0, 0.1) is 11.3 Å². The SMILES string of the molecule is CCOCC(C)Nc1cccc(Br)c1C#N. The number of benzene rings is 1. The van der Waals surface area contributed by atoms with Crippen LogP contribution in [0.2, 0.25) is 0 Å². The summed E-state index contributed by atoms with van der Waals surface area (Å²) in [5, 5.41) is 12.3. The minimum Gasteiger partial charge on any atom is -0.380 e. The summed E-state index contributed by atoms with van der Waals surface area (Å²) in [5.74, 6) is 0. The molecule has 0 bridgehead atoms. The highest BCUT2D eigenvalue weighted by Gasteiger charge is 2.08. The second-order valence-corrected chi connectivity index (χ2v) is 4.33. The fourth-order valence-corrected chi connectivity index (χ4v) is 1.81. The normalized spacial score (nSPS) is 11.9. The molecule has 0 aliphatic rings. The molecule has 1 aromatic carbocycles. The zero-order valence-corrected chi connectivity index (χ0v) is 11.0. The van der Waals surface area contributed by atoms with Gasteiger partial charge in [0.1, 0.15) is 6.07 Å². The molecule has 0 spiro atoms. The van der Waals surface area contributed by atoms with Gasteiger partial charge in [0.25, 0.3) is 0 Å². The number of nitrogens with one attached hydrogen (secondary N) is 1. The Kier molecular flexibility index (Phi) is 5.30. The topological polar surface area (TPSA) is 45.0 Å².